The fraction of sp³-hybridized carbons (Fsp3) is 0.600. The molecule has 0 bridgehead atoms. The smallest absolute Gasteiger partial charge is 0.268 e. The van der Waals surface area contributed by atoms with Gasteiger partial charge in [0, 0.05) is 24.7 Å². The molecule has 0 aromatic carbocycles. The highest BCUT2D eigenvalue weighted by atomic mass is 16.2. The predicted octanol–water partition coefficient (Wildman–Crippen LogP) is 1.77. The number of fused-ring (bicyclic) bond motifs is 4. The third kappa shape index (κ3) is 2.87. The second-order valence-electron chi connectivity index (χ2n) is 8.34. The van der Waals surface area contributed by atoms with Crippen LogP contribution < -0.4 is 16.0 Å². The first-order valence-corrected chi connectivity index (χ1v) is 10.4. The Bertz CT molecular complexity index is 924. The van der Waals surface area contributed by atoms with E-state index < -0.39 is 0 Å². The molecule has 2 aliphatic heterocycles. The summed E-state index contributed by atoms with van der Waals surface area (Å²) in [5.74, 6) is 0.167. The molecule has 8 nitrogen and oxygen atoms in total. The van der Waals surface area contributed by atoms with Crippen LogP contribution in [0.25, 0.3) is 11.0 Å². The standard InChI is InChI=1S/C20H26N6O2/c27-17(13-5-4-8-21-10-13)25-19-22-11-14-9-15-18(28)23-12-20(6-2-1-3-7-20)26(15)16(14)24-19/h9,11,13,21H,1-8,10,12H2,(H,23,28)(H,22,24,25,27). The molecule has 3 N–H and O–H groups in total. The van der Waals surface area contributed by atoms with Gasteiger partial charge in [0.05, 0.1) is 11.5 Å². The Balaban J connectivity index is 1.52. The lowest BCUT2D eigenvalue weighted by Gasteiger charge is -2.42. The predicted molar refractivity (Wildman–Crippen MR) is 105 cm³/mol. The minimum absolute atomic E-state index is 0.0397. The molecule has 2 aromatic rings. The third-order valence-corrected chi connectivity index (χ3v) is 6.51. The molecular weight excluding hydrogens is 356 g/mol. The van der Waals surface area contributed by atoms with E-state index in [1.54, 1.807) is 6.20 Å². The summed E-state index contributed by atoms with van der Waals surface area (Å²) in [5.41, 5.74) is 1.28. The molecule has 1 unspecified atom stereocenters. The highest BCUT2D eigenvalue weighted by Crippen LogP contribution is 2.40. The third-order valence-electron chi connectivity index (χ3n) is 6.51. The van der Waals surface area contributed by atoms with Crippen molar-refractivity contribution in [1.82, 2.24) is 25.2 Å². The summed E-state index contributed by atoms with van der Waals surface area (Å²) < 4.78 is 2.12. The number of aromatic nitrogens is 3. The van der Waals surface area contributed by atoms with Gasteiger partial charge in [-0.1, -0.05) is 19.3 Å². The number of hydrogen-bond acceptors (Lipinski definition) is 5. The Morgan fingerprint density at radius 3 is 2.89 bits per heavy atom. The van der Waals surface area contributed by atoms with Gasteiger partial charge in [-0.2, -0.15) is 4.98 Å². The lowest BCUT2D eigenvalue weighted by atomic mass is 9.80. The van der Waals surface area contributed by atoms with Gasteiger partial charge in [-0.3, -0.25) is 14.9 Å². The molecule has 1 atom stereocenters. The van der Waals surface area contributed by atoms with E-state index in [1.165, 1.54) is 6.42 Å². The van der Waals surface area contributed by atoms with E-state index in [-0.39, 0.29) is 23.3 Å². The quantitative estimate of drug-likeness (QED) is 0.735. The van der Waals surface area contributed by atoms with Gasteiger partial charge in [0.2, 0.25) is 11.9 Å². The Morgan fingerprint density at radius 1 is 1.25 bits per heavy atom. The lowest BCUT2D eigenvalue weighted by molar-refractivity contribution is -0.120. The normalized spacial score (nSPS) is 24.0. The van der Waals surface area contributed by atoms with Crippen molar-refractivity contribution in [2.45, 2.75) is 50.5 Å². The zero-order valence-electron chi connectivity index (χ0n) is 16.0. The van der Waals surface area contributed by atoms with Crippen LogP contribution in [0.3, 0.4) is 0 Å². The van der Waals surface area contributed by atoms with Gasteiger partial charge in [-0.25, -0.2) is 4.98 Å². The van der Waals surface area contributed by atoms with E-state index in [4.69, 9.17) is 0 Å². The fourth-order valence-electron chi connectivity index (χ4n) is 5.01. The van der Waals surface area contributed by atoms with E-state index in [0.717, 1.165) is 56.1 Å². The zero-order chi connectivity index (χ0) is 19.1. The van der Waals surface area contributed by atoms with Crippen LogP contribution in [0.2, 0.25) is 0 Å². The number of amides is 2. The molecule has 4 heterocycles. The Morgan fingerprint density at radius 2 is 2.11 bits per heavy atom. The van der Waals surface area contributed by atoms with Crippen molar-refractivity contribution in [3.8, 4) is 0 Å². The van der Waals surface area contributed by atoms with E-state index in [1.807, 2.05) is 6.07 Å². The van der Waals surface area contributed by atoms with E-state index in [9.17, 15) is 9.59 Å². The minimum atomic E-state index is -0.119. The second kappa shape index (κ2) is 6.84. The molecule has 28 heavy (non-hydrogen) atoms. The monoisotopic (exact) mass is 382 g/mol. The van der Waals surface area contributed by atoms with Gasteiger partial charge in [-0.15, -0.1) is 0 Å². The number of hydrogen-bond donors (Lipinski definition) is 3. The first-order chi connectivity index (χ1) is 13.7. The van der Waals surface area contributed by atoms with Gasteiger partial charge in [0.15, 0.2) is 0 Å². The first kappa shape index (κ1) is 17.6. The van der Waals surface area contributed by atoms with Crippen LogP contribution in [0.5, 0.6) is 0 Å². The average Bonchev–Trinajstić information content (AvgIpc) is 3.13. The number of carbonyl (C=O) groups is 2. The number of nitrogens with zero attached hydrogens (tertiary/aromatic N) is 3. The van der Waals surface area contributed by atoms with E-state index in [2.05, 4.69) is 30.5 Å². The molecule has 2 amide bonds. The molecule has 0 radical (unpaired) electrons. The summed E-state index contributed by atoms with van der Waals surface area (Å²) in [6.45, 7) is 2.30. The molecule has 1 saturated carbocycles. The zero-order valence-corrected chi connectivity index (χ0v) is 16.0. The van der Waals surface area contributed by atoms with Crippen molar-refractivity contribution in [2.24, 2.45) is 5.92 Å². The minimum Gasteiger partial charge on any atom is -0.348 e. The van der Waals surface area contributed by atoms with Crippen molar-refractivity contribution >= 4 is 28.8 Å². The van der Waals surface area contributed by atoms with Crippen molar-refractivity contribution in [3.63, 3.8) is 0 Å². The topological polar surface area (TPSA) is 101 Å². The molecule has 3 aliphatic rings. The highest BCUT2D eigenvalue weighted by Gasteiger charge is 2.41. The summed E-state index contributed by atoms with van der Waals surface area (Å²) in [6, 6.07) is 1.87. The maximum absolute atomic E-state index is 12.6. The van der Waals surface area contributed by atoms with Crippen molar-refractivity contribution < 1.29 is 9.59 Å². The van der Waals surface area contributed by atoms with Crippen LogP contribution in [0, 0.1) is 5.92 Å². The molecule has 148 valence electrons. The molecular formula is C20H26N6O2. The van der Waals surface area contributed by atoms with Crippen LogP contribution in [-0.4, -0.2) is 46.0 Å². The molecule has 5 rings (SSSR count). The first-order valence-electron chi connectivity index (χ1n) is 10.4. The number of carbonyl (C=O) groups excluding carboxylic acids is 2. The Kier molecular flexibility index (Phi) is 4.30. The Hall–Kier alpha value is -2.48. The van der Waals surface area contributed by atoms with Gasteiger partial charge < -0.3 is 15.2 Å². The maximum Gasteiger partial charge on any atom is 0.268 e. The molecule has 2 aromatic heterocycles. The van der Waals surface area contributed by atoms with Crippen molar-refractivity contribution in [1.29, 1.82) is 0 Å². The largest absolute Gasteiger partial charge is 0.348 e. The van der Waals surface area contributed by atoms with Gasteiger partial charge in [-0.05, 0) is 38.3 Å². The van der Waals surface area contributed by atoms with Crippen LogP contribution in [0.15, 0.2) is 12.3 Å². The molecule has 1 aliphatic carbocycles. The summed E-state index contributed by atoms with van der Waals surface area (Å²) in [6.07, 6.45) is 9.19. The number of nitrogens with one attached hydrogen (secondary N) is 3. The van der Waals surface area contributed by atoms with E-state index >= 15 is 0 Å². The maximum atomic E-state index is 12.6. The van der Waals surface area contributed by atoms with Crippen molar-refractivity contribution in [3.05, 3.63) is 18.0 Å². The SMILES string of the molecule is O=C1NCC2(CCCCC2)n2c1cc1cnc(NC(=O)C3CCCNC3)nc12. The summed E-state index contributed by atoms with van der Waals surface area (Å²) in [7, 11) is 0. The van der Waals surface area contributed by atoms with Gasteiger partial charge >= 0.3 is 0 Å². The van der Waals surface area contributed by atoms with Crippen molar-refractivity contribution in [2.75, 3.05) is 25.0 Å². The highest BCUT2D eigenvalue weighted by molar-refractivity contribution is 5.99. The fourth-order valence-corrected chi connectivity index (χ4v) is 5.01. The Labute approximate surface area is 163 Å². The molecule has 2 fully saturated rings. The molecule has 8 heteroatoms. The number of piperidine rings is 1. The summed E-state index contributed by atoms with van der Waals surface area (Å²) in [4.78, 5) is 34.1. The van der Waals surface area contributed by atoms with Crippen LogP contribution in [0.4, 0.5) is 5.95 Å². The van der Waals surface area contributed by atoms with Crippen LogP contribution in [-0.2, 0) is 10.3 Å². The summed E-state index contributed by atoms with van der Waals surface area (Å²) >= 11 is 0. The van der Waals surface area contributed by atoms with E-state index in [0.29, 0.717) is 24.7 Å². The number of rotatable bonds is 2. The van der Waals surface area contributed by atoms with Crippen LogP contribution >= 0.6 is 0 Å². The summed E-state index contributed by atoms with van der Waals surface area (Å²) in [5, 5.41) is 10.1. The average molecular weight is 382 g/mol. The van der Waals surface area contributed by atoms with Crippen LogP contribution in [0.1, 0.15) is 55.4 Å². The molecule has 1 saturated heterocycles. The lowest BCUT2D eigenvalue weighted by Crippen LogP contribution is -2.52. The second-order valence-corrected chi connectivity index (χ2v) is 8.34. The molecule has 1 spiro atoms. The van der Waals surface area contributed by atoms with Gasteiger partial charge in [0.25, 0.3) is 5.91 Å². The van der Waals surface area contributed by atoms with Gasteiger partial charge in [0.1, 0.15) is 11.3 Å². The number of anilines is 1.